The van der Waals surface area contributed by atoms with Crippen LogP contribution < -0.4 is 4.74 Å². The molecular weight excluding hydrogens is 353 g/mol. The van der Waals surface area contributed by atoms with E-state index in [1.807, 2.05) is 0 Å². The maximum Gasteiger partial charge on any atom is 0.573 e. The van der Waals surface area contributed by atoms with E-state index < -0.39 is 17.9 Å². The first-order valence-electron chi connectivity index (χ1n) is 8.19. The van der Waals surface area contributed by atoms with Crippen LogP contribution in [-0.4, -0.2) is 44.4 Å². The number of halogens is 3. The number of esters is 1. The Morgan fingerprint density at radius 3 is 2.00 bits per heavy atom. The van der Waals surface area contributed by atoms with E-state index in [0.717, 1.165) is 26.4 Å². The molecule has 0 spiro atoms. The number of carbonyl (C=O) groups excluding carboxylic acids is 1. The van der Waals surface area contributed by atoms with Crippen molar-refractivity contribution in [1.82, 2.24) is 0 Å². The number of aryl methyl sites for hydroxylation is 1. The summed E-state index contributed by atoms with van der Waals surface area (Å²) < 4.78 is 55.3. The molecule has 1 heterocycles. The Bertz CT molecular complexity index is 564. The summed E-state index contributed by atoms with van der Waals surface area (Å²) in [6.45, 7) is 9.84. The van der Waals surface area contributed by atoms with Gasteiger partial charge in [0.05, 0.1) is 32.8 Å². The van der Waals surface area contributed by atoms with E-state index in [-0.39, 0.29) is 12.2 Å². The number of alkyl halides is 3. The quantitative estimate of drug-likeness (QED) is 0.749. The summed E-state index contributed by atoms with van der Waals surface area (Å²) in [7, 11) is 0. The highest BCUT2D eigenvalue weighted by molar-refractivity contribution is 5.73. The van der Waals surface area contributed by atoms with E-state index in [0.29, 0.717) is 11.1 Å². The highest BCUT2D eigenvalue weighted by atomic mass is 19.4. The number of carbonyl (C=O) groups is 1. The molecule has 1 saturated heterocycles. The van der Waals surface area contributed by atoms with Crippen molar-refractivity contribution in [2.75, 3.05) is 26.4 Å². The van der Waals surface area contributed by atoms with Crippen molar-refractivity contribution < 1.29 is 36.9 Å². The van der Waals surface area contributed by atoms with Crippen molar-refractivity contribution in [2.24, 2.45) is 0 Å². The van der Waals surface area contributed by atoms with E-state index in [9.17, 15) is 18.0 Å². The molecule has 0 saturated carbocycles. The topological polar surface area (TPSA) is 54.0 Å². The summed E-state index contributed by atoms with van der Waals surface area (Å²) in [4.78, 5) is 11.6. The highest BCUT2D eigenvalue weighted by Crippen LogP contribution is 2.26. The molecule has 1 fully saturated rings. The summed E-state index contributed by atoms with van der Waals surface area (Å²) in [6, 6.07) is 4.09. The summed E-state index contributed by atoms with van der Waals surface area (Å²) in [5.41, 5.74) is 0.292. The second-order valence-electron chi connectivity index (χ2n) is 6.64. The minimum Gasteiger partial charge on any atom is -0.460 e. The van der Waals surface area contributed by atoms with Gasteiger partial charge in [-0.3, -0.25) is 4.79 Å². The molecule has 0 amide bonds. The Hall–Kier alpha value is -1.80. The molecular formula is C18H25F3O5. The first-order valence-corrected chi connectivity index (χ1v) is 8.19. The minimum absolute atomic E-state index is 0.00437. The van der Waals surface area contributed by atoms with Crippen molar-refractivity contribution in [3.05, 3.63) is 29.3 Å². The molecule has 1 aliphatic rings. The van der Waals surface area contributed by atoms with Crippen molar-refractivity contribution >= 4 is 5.97 Å². The lowest BCUT2D eigenvalue weighted by Gasteiger charge is -2.19. The van der Waals surface area contributed by atoms with Gasteiger partial charge in [0.15, 0.2) is 0 Å². The van der Waals surface area contributed by atoms with Crippen molar-refractivity contribution in [3.8, 4) is 5.75 Å². The fourth-order valence-corrected chi connectivity index (χ4v) is 2.04. The molecule has 0 aromatic heterocycles. The lowest BCUT2D eigenvalue weighted by molar-refractivity contribution is -0.274. The molecule has 26 heavy (non-hydrogen) atoms. The van der Waals surface area contributed by atoms with Gasteiger partial charge in [0.25, 0.3) is 0 Å². The van der Waals surface area contributed by atoms with Crippen LogP contribution in [0, 0.1) is 6.92 Å². The van der Waals surface area contributed by atoms with Crippen molar-refractivity contribution in [3.63, 3.8) is 0 Å². The Balaban J connectivity index is 0.000000472. The molecule has 2 rings (SSSR count). The average Bonchev–Trinajstić information content (AvgIpc) is 2.49. The smallest absolute Gasteiger partial charge is 0.460 e. The third-order valence-corrected chi connectivity index (χ3v) is 2.98. The Morgan fingerprint density at radius 1 is 1.08 bits per heavy atom. The Kier molecular flexibility index (Phi) is 8.36. The molecule has 8 heteroatoms. The molecule has 0 N–H and O–H groups in total. The van der Waals surface area contributed by atoms with Crippen LogP contribution in [0.25, 0.3) is 0 Å². The zero-order chi connectivity index (χ0) is 19.8. The summed E-state index contributed by atoms with van der Waals surface area (Å²) in [5.74, 6) is -0.702. The van der Waals surface area contributed by atoms with Crippen LogP contribution in [0.3, 0.4) is 0 Å². The number of benzene rings is 1. The molecule has 0 radical (unpaired) electrons. The Morgan fingerprint density at radius 2 is 1.62 bits per heavy atom. The van der Waals surface area contributed by atoms with E-state index in [4.69, 9.17) is 14.2 Å². The van der Waals surface area contributed by atoms with Gasteiger partial charge in [-0.05, 0) is 44.9 Å². The Labute approximate surface area is 151 Å². The van der Waals surface area contributed by atoms with Crippen LogP contribution in [0.2, 0.25) is 0 Å². The summed E-state index contributed by atoms with van der Waals surface area (Å²) in [5, 5.41) is 0. The van der Waals surface area contributed by atoms with Crippen LogP contribution >= 0.6 is 0 Å². The standard InChI is InChI=1S/C14H17F3O3.C4H8O2/c1-9-7-10(8-12(18)20-13(2,3)4)5-6-11(9)19-14(15,16)17;1-2-6-4-3-5-1/h5-7H,8H2,1-4H3;1-4H2. The van der Waals surface area contributed by atoms with E-state index >= 15 is 0 Å². The van der Waals surface area contributed by atoms with E-state index in [2.05, 4.69) is 4.74 Å². The third kappa shape index (κ3) is 10.2. The fraction of sp³-hybridized carbons (Fsp3) is 0.611. The number of hydrogen-bond donors (Lipinski definition) is 0. The van der Waals surface area contributed by atoms with Gasteiger partial charge in [-0.1, -0.05) is 12.1 Å². The molecule has 148 valence electrons. The second kappa shape index (κ2) is 9.78. The zero-order valence-electron chi connectivity index (χ0n) is 15.4. The molecule has 5 nitrogen and oxygen atoms in total. The maximum absolute atomic E-state index is 12.1. The predicted molar refractivity (Wildman–Crippen MR) is 89.0 cm³/mol. The number of hydrogen-bond acceptors (Lipinski definition) is 5. The second-order valence-corrected chi connectivity index (χ2v) is 6.64. The van der Waals surface area contributed by atoms with Crippen molar-refractivity contribution in [2.45, 2.75) is 46.1 Å². The van der Waals surface area contributed by atoms with Gasteiger partial charge in [-0.25, -0.2) is 0 Å². The summed E-state index contributed by atoms with van der Waals surface area (Å²) in [6.07, 6.45) is -4.72. The molecule has 1 aromatic rings. The predicted octanol–water partition coefficient (Wildman–Crippen LogP) is 3.81. The van der Waals surface area contributed by atoms with Gasteiger partial charge in [0.1, 0.15) is 11.4 Å². The van der Waals surface area contributed by atoms with Gasteiger partial charge in [0.2, 0.25) is 0 Å². The largest absolute Gasteiger partial charge is 0.573 e. The van der Waals surface area contributed by atoms with Gasteiger partial charge in [0, 0.05) is 0 Å². The van der Waals surface area contributed by atoms with Crippen molar-refractivity contribution in [1.29, 1.82) is 0 Å². The molecule has 1 aromatic carbocycles. The SMILES string of the molecule is C1COCCO1.Cc1cc(CC(=O)OC(C)(C)C)ccc1OC(F)(F)F. The van der Waals surface area contributed by atoms with E-state index in [1.165, 1.54) is 25.1 Å². The van der Waals surface area contributed by atoms with Gasteiger partial charge < -0.3 is 18.9 Å². The monoisotopic (exact) mass is 378 g/mol. The van der Waals surface area contributed by atoms with Crippen LogP contribution in [0.5, 0.6) is 5.75 Å². The third-order valence-electron chi connectivity index (χ3n) is 2.98. The van der Waals surface area contributed by atoms with Crippen LogP contribution in [-0.2, 0) is 25.4 Å². The minimum atomic E-state index is -4.72. The van der Waals surface area contributed by atoms with Crippen LogP contribution in [0.15, 0.2) is 18.2 Å². The van der Waals surface area contributed by atoms with E-state index in [1.54, 1.807) is 20.8 Å². The molecule has 0 unspecified atom stereocenters. The van der Waals surface area contributed by atoms with Gasteiger partial charge in [-0.2, -0.15) is 0 Å². The zero-order valence-corrected chi connectivity index (χ0v) is 15.4. The average molecular weight is 378 g/mol. The summed E-state index contributed by atoms with van der Waals surface area (Å²) >= 11 is 0. The lowest BCUT2D eigenvalue weighted by Crippen LogP contribution is -2.25. The normalized spacial score (nSPS) is 14.9. The van der Waals surface area contributed by atoms with Gasteiger partial charge >= 0.3 is 12.3 Å². The highest BCUT2D eigenvalue weighted by Gasteiger charge is 2.31. The molecule has 0 atom stereocenters. The molecule has 0 bridgehead atoms. The number of rotatable bonds is 3. The van der Waals surface area contributed by atoms with Crippen LogP contribution in [0.1, 0.15) is 31.9 Å². The fourth-order valence-electron chi connectivity index (χ4n) is 2.04. The molecule has 1 aliphatic heterocycles. The first kappa shape index (κ1) is 22.2. The van der Waals surface area contributed by atoms with Crippen LogP contribution in [0.4, 0.5) is 13.2 Å². The van der Waals surface area contributed by atoms with Gasteiger partial charge in [-0.15, -0.1) is 13.2 Å². The number of ether oxygens (including phenoxy) is 4. The maximum atomic E-state index is 12.1. The molecule has 0 aliphatic carbocycles. The first-order chi connectivity index (χ1) is 12.0. The lowest BCUT2D eigenvalue weighted by atomic mass is 10.1.